The predicted octanol–water partition coefficient (Wildman–Crippen LogP) is 2.09. The second-order valence-electron chi connectivity index (χ2n) is 2.25. The monoisotopic (exact) mass is 200 g/mol. The van der Waals surface area contributed by atoms with Gasteiger partial charge < -0.3 is 10.2 Å². The summed E-state index contributed by atoms with van der Waals surface area (Å²) in [6.45, 7) is 0. The van der Waals surface area contributed by atoms with Crippen molar-refractivity contribution in [3.63, 3.8) is 0 Å². The van der Waals surface area contributed by atoms with Crippen LogP contribution in [0.5, 0.6) is 0 Å². The minimum Gasteiger partial charge on any atom is -0.502 e. The predicted molar refractivity (Wildman–Crippen MR) is 51.9 cm³/mol. The Hall–Kier alpha value is -1.48. The fourth-order valence-electron chi connectivity index (χ4n) is 0.769. The molecule has 70 valence electrons. The van der Waals surface area contributed by atoms with E-state index in [1.807, 2.05) is 6.07 Å². The summed E-state index contributed by atoms with van der Waals surface area (Å²) >= 11 is 0. The molecule has 1 rings (SSSR count). The quantitative estimate of drug-likeness (QED) is 0.568. The van der Waals surface area contributed by atoms with Crippen LogP contribution in [0.3, 0.4) is 0 Å². The molecular formula is C9H9ClO3. The van der Waals surface area contributed by atoms with Crippen LogP contribution in [0.4, 0.5) is 0 Å². The van der Waals surface area contributed by atoms with Gasteiger partial charge in [0.05, 0.1) is 0 Å². The van der Waals surface area contributed by atoms with Crippen LogP contribution in [-0.4, -0.2) is 16.2 Å². The van der Waals surface area contributed by atoms with Crippen molar-refractivity contribution in [1.82, 2.24) is 0 Å². The summed E-state index contributed by atoms with van der Waals surface area (Å²) in [6, 6.07) is 8.76. The summed E-state index contributed by atoms with van der Waals surface area (Å²) in [6.07, 6.45) is 1.20. The standard InChI is InChI=1S/C9H8O3.ClH/c10-8(9(11)12)6-7-4-2-1-3-5-7;/h1-6,10H,(H,11,12);1H. The van der Waals surface area contributed by atoms with E-state index in [2.05, 4.69) is 0 Å². The molecule has 0 unspecified atom stereocenters. The van der Waals surface area contributed by atoms with E-state index in [0.29, 0.717) is 5.56 Å². The van der Waals surface area contributed by atoms with Crippen molar-refractivity contribution in [2.24, 2.45) is 0 Å². The molecular weight excluding hydrogens is 192 g/mol. The number of aliphatic carboxylic acids is 1. The zero-order valence-corrected chi connectivity index (χ0v) is 7.49. The van der Waals surface area contributed by atoms with Crippen molar-refractivity contribution < 1.29 is 15.0 Å². The Balaban J connectivity index is 0.00000144. The molecule has 0 spiro atoms. The summed E-state index contributed by atoms with van der Waals surface area (Å²) in [5.74, 6) is -1.97. The third kappa shape index (κ3) is 3.62. The van der Waals surface area contributed by atoms with Crippen LogP contribution in [0.2, 0.25) is 0 Å². The zero-order chi connectivity index (χ0) is 8.97. The van der Waals surface area contributed by atoms with E-state index < -0.39 is 11.7 Å². The molecule has 0 bridgehead atoms. The zero-order valence-electron chi connectivity index (χ0n) is 6.68. The van der Waals surface area contributed by atoms with Gasteiger partial charge in [-0.2, -0.15) is 0 Å². The Morgan fingerprint density at radius 2 is 1.69 bits per heavy atom. The van der Waals surface area contributed by atoms with Crippen LogP contribution in [0, 0.1) is 0 Å². The summed E-state index contributed by atoms with van der Waals surface area (Å²) in [5.41, 5.74) is 0.664. The van der Waals surface area contributed by atoms with E-state index in [9.17, 15) is 4.79 Å². The highest BCUT2D eigenvalue weighted by molar-refractivity contribution is 5.89. The summed E-state index contributed by atoms with van der Waals surface area (Å²) in [4.78, 5) is 10.2. The highest BCUT2D eigenvalue weighted by Crippen LogP contribution is 2.03. The molecule has 0 atom stereocenters. The van der Waals surface area contributed by atoms with Crippen LogP contribution in [0.15, 0.2) is 36.1 Å². The molecule has 1 aromatic carbocycles. The number of carbonyl (C=O) groups is 1. The smallest absolute Gasteiger partial charge is 0.370 e. The van der Waals surface area contributed by atoms with Crippen LogP contribution >= 0.6 is 12.4 Å². The van der Waals surface area contributed by atoms with Gasteiger partial charge in [0.15, 0.2) is 0 Å². The van der Waals surface area contributed by atoms with Gasteiger partial charge >= 0.3 is 5.97 Å². The Kier molecular flexibility index (Phi) is 4.62. The van der Waals surface area contributed by atoms with Crippen molar-refractivity contribution in [2.75, 3.05) is 0 Å². The van der Waals surface area contributed by atoms with Crippen molar-refractivity contribution in [2.45, 2.75) is 0 Å². The van der Waals surface area contributed by atoms with Gasteiger partial charge in [-0.15, -0.1) is 12.4 Å². The first-order valence-corrected chi connectivity index (χ1v) is 3.39. The highest BCUT2D eigenvalue weighted by Gasteiger charge is 2.01. The van der Waals surface area contributed by atoms with Crippen molar-refractivity contribution >= 4 is 24.5 Å². The summed E-state index contributed by atoms with van der Waals surface area (Å²) in [7, 11) is 0. The van der Waals surface area contributed by atoms with E-state index in [1.54, 1.807) is 24.3 Å². The van der Waals surface area contributed by atoms with Crippen molar-refractivity contribution in [1.29, 1.82) is 0 Å². The second-order valence-corrected chi connectivity index (χ2v) is 2.25. The molecule has 0 aliphatic heterocycles. The van der Waals surface area contributed by atoms with Gasteiger partial charge in [0.25, 0.3) is 0 Å². The fourth-order valence-corrected chi connectivity index (χ4v) is 0.769. The van der Waals surface area contributed by atoms with Crippen LogP contribution in [-0.2, 0) is 4.79 Å². The molecule has 0 aromatic heterocycles. The maximum absolute atomic E-state index is 10.2. The summed E-state index contributed by atoms with van der Waals surface area (Å²) < 4.78 is 0. The maximum Gasteiger partial charge on any atom is 0.370 e. The lowest BCUT2D eigenvalue weighted by molar-refractivity contribution is -0.135. The molecule has 0 heterocycles. The molecule has 0 saturated carbocycles. The van der Waals surface area contributed by atoms with E-state index in [1.165, 1.54) is 6.08 Å². The number of benzene rings is 1. The van der Waals surface area contributed by atoms with Crippen molar-refractivity contribution in [3.8, 4) is 0 Å². The largest absolute Gasteiger partial charge is 0.502 e. The van der Waals surface area contributed by atoms with Gasteiger partial charge in [-0.3, -0.25) is 0 Å². The Morgan fingerprint density at radius 3 is 2.15 bits per heavy atom. The van der Waals surface area contributed by atoms with E-state index in [-0.39, 0.29) is 12.4 Å². The lowest BCUT2D eigenvalue weighted by atomic mass is 10.2. The molecule has 0 saturated heterocycles. The van der Waals surface area contributed by atoms with Gasteiger partial charge in [-0.25, -0.2) is 4.79 Å². The lowest BCUT2D eigenvalue weighted by Crippen LogP contribution is -1.98. The van der Waals surface area contributed by atoms with Crippen LogP contribution in [0.25, 0.3) is 6.08 Å². The molecule has 0 aliphatic carbocycles. The van der Waals surface area contributed by atoms with Crippen LogP contribution < -0.4 is 0 Å². The molecule has 2 N–H and O–H groups in total. The second kappa shape index (κ2) is 5.22. The molecule has 1 aromatic rings. The first kappa shape index (κ1) is 11.5. The molecule has 0 aliphatic rings. The minimum absolute atomic E-state index is 0. The van der Waals surface area contributed by atoms with Crippen LogP contribution in [0.1, 0.15) is 5.56 Å². The summed E-state index contributed by atoms with van der Waals surface area (Å²) in [5, 5.41) is 17.2. The Morgan fingerprint density at radius 1 is 1.15 bits per heavy atom. The van der Waals surface area contributed by atoms with Gasteiger partial charge in [-0.05, 0) is 11.6 Å². The fraction of sp³-hybridized carbons (Fsp3) is 0. The van der Waals surface area contributed by atoms with Gasteiger partial charge in [0.1, 0.15) is 0 Å². The first-order chi connectivity index (χ1) is 5.70. The van der Waals surface area contributed by atoms with E-state index >= 15 is 0 Å². The normalized spacial score (nSPS) is 10.3. The number of hydrogen-bond donors (Lipinski definition) is 2. The average Bonchev–Trinajstić information content (AvgIpc) is 2.06. The maximum atomic E-state index is 10.2. The molecule has 3 nitrogen and oxygen atoms in total. The number of rotatable bonds is 2. The lowest BCUT2D eigenvalue weighted by Gasteiger charge is -1.92. The molecule has 0 radical (unpaired) electrons. The number of carboxylic acid groups (broad SMARTS) is 1. The molecule has 4 heteroatoms. The minimum atomic E-state index is -1.32. The average molecular weight is 201 g/mol. The number of hydrogen-bond acceptors (Lipinski definition) is 2. The Labute approximate surface area is 81.7 Å². The Bertz CT molecular complexity index is 306. The van der Waals surface area contributed by atoms with E-state index in [0.717, 1.165) is 0 Å². The number of aliphatic hydroxyl groups is 1. The van der Waals surface area contributed by atoms with Crippen molar-refractivity contribution in [3.05, 3.63) is 41.7 Å². The van der Waals surface area contributed by atoms with Gasteiger partial charge in [0.2, 0.25) is 5.76 Å². The third-order valence-corrected chi connectivity index (χ3v) is 1.32. The topological polar surface area (TPSA) is 57.5 Å². The third-order valence-electron chi connectivity index (χ3n) is 1.32. The molecule has 0 fully saturated rings. The highest BCUT2D eigenvalue weighted by atomic mass is 35.5. The molecule has 0 amide bonds. The number of carboxylic acids is 1. The van der Waals surface area contributed by atoms with E-state index in [4.69, 9.17) is 10.2 Å². The number of aliphatic hydroxyl groups excluding tert-OH is 1. The SMILES string of the molecule is Cl.O=C(O)C(O)=Cc1ccccc1. The first-order valence-electron chi connectivity index (χ1n) is 3.39. The van der Waals surface area contributed by atoms with Gasteiger partial charge in [0, 0.05) is 0 Å². The number of halogens is 1. The van der Waals surface area contributed by atoms with Gasteiger partial charge in [-0.1, -0.05) is 30.3 Å². The molecule has 13 heavy (non-hydrogen) atoms.